The lowest BCUT2D eigenvalue weighted by atomic mass is 10.0. The molecule has 0 aromatic heterocycles. The van der Waals surface area contributed by atoms with E-state index in [1.165, 1.54) is 12.1 Å². The van der Waals surface area contributed by atoms with E-state index in [2.05, 4.69) is 15.9 Å². The van der Waals surface area contributed by atoms with Crippen molar-refractivity contribution < 1.29 is 14.5 Å². The molecule has 0 fully saturated rings. The summed E-state index contributed by atoms with van der Waals surface area (Å²) in [7, 11) is 0. The number of nitro groups is 1. The van der Waals surface area contributed by atoms with E-state index in [-0.39, 0.29) is 23.2 Å². The second-order valence-corrected chi connectivity index (χ2v) is 4.44. The number of nitriles is 1. The van der Waals surface area contributed by atoms with Crippen molar-refractivity contribution in [2.45, 2.75) is 13.3 Å². The molecular weight excluding hydrogens is 316 g/mol. The number of ether oxygens (including phenoxy) is 1. The lowest BCUT2D eigenvalue weighted by Gasteiger charge is -2.09. The first-order chi connectivity index (χ1) is 9.01. The van der Waals surface area contributed by atoms with Crippen LogP contribution in [0.25, 0.3) is 0 Å². The van der Waals surface area contributed by atoms with Crippen LogP contribution in [-0.2, 0) is 16.0 Å². The van der Waals surface area contributed by atoms with E-state index in [1.54, 1.807) is 13.0 Å². The van der Waals surface area contributed by atoms with Gasteiger partial charge in [-0.05, 0) is 28.4 Å². The summed E-state index contributed by atoms with van der Waals surface area (Å²) in [5.41, 5.74) is 0.423. The Kier molecular flexibility index (Phi) is 5.45. The van der Waals surface area contributed by atoms with Crippen LogP contribution in [0.4, 0.5) is 5.69 Å². The van der Waals surface area contributed by atoms with Crippen LogP contribution < -0.4 is 0 Å². The van der Waals surface area contributed by atoms with Crippen LogP contribution in [0.2, 0.25) is 0 Å². The molecule has 19 heavy (non-hydrogen) atoms. The molecule has 0 bridgehead atoms. The molecule has 0 amide bonds. The molecule has 100 valence electrons. The normalized spacial score (nSPS) is 11.4. The van der Waals surface area contributed by atoms with E-state index in [4.69, 9.17) is 10.00 Å². The third-order valence-electron chi connectivity index (χ3n) is 2.41. The number of nitro benzene ring substituents is 1. The van der Waals surface area contributed by atoms with Crippen molar-refractivity contribution in [1.29, 1.82) is 5.26 Å². The Balaban J connectivity index is 2.99. The summed E-state index contributed by atoms with van der Waals surface area (Å²) in [5.74, 6) is -1.60. The van der Waals surface area contributed by atoms with Gasteiger partial charge in [-0.1, -0.05) is 12.1 Å². The number of nitrogens with zero attached hydrogens (tertiary/aromatic N) is 2. The van der Waals surface area contributed by atoms with Gasteiger partial charge in [0.1, 0.15) is 5.92 Å². The largest absolute Gasteiger partial charge is 0.465 e. The zero-order chi connectivity index (χ0) is 14.4. The minimum Gasteiger partial charge on any atom is -0.465 e. The van der Waals surface area contributed by atoms with E-state index in [0.717, 1.165) is 0 Å². The molecule has 1 unspecified atom stereocenters. The summed E-state index contributed by atoms with van der Waals surface area (Å²) in [6.07, 6.45) is 0.0671. The molecule has 6 nitrogen and oxygen atoms in total. The van der Waals surface area contributed by atoms with Gasteiger partial charge in [0, 0.05) is 12.5 Å². The lowest BCUT2D eigenvalue weighted by molar-refractivity contribution is -0.385. The van der Waals surface area contributed by atoms with Crippen molar-refractivity contribution in [1.82, 2.24) is 0 Å². The first-order valence-corrected chi connectivity index (χ1v) is 6.28. The average molecular weight is 327 g/mol. The van der Waals surface area contributed by atoms with Gasteiger partial charge in [0.05, 0.1) is 22.1 Å². The lowest BCUT2D eigenvalue weighted by Crippen LogP contribution is -2.18. The van der Waals surface area contributed by atoms with Crippen LogP contribution in [0.15, 0.2) is 22.7 Å². The van der Waals surface area contributed by atoms with Crippen molar-refractivity contribution in [2.24, 2.45) is 5.92 Å². The van der Waals surface area contributed by atoms with Crippen LogP contribution >= 0.6 is 15.9 Å². The van der Waals surface area contributed by atoms with E-state index < -0.39 is 16.8 Å². The number of carbonyl (C=O) groups is 1. The zero-order valence-corrected chi connectivity index (χ0v) is 11.7. The number of halogens is 1. The third-order valence-corrected chi connectivity index (χ3v) is 3.32. The molecule has 0 N–H and O–H groups in total. The van der Waals surface area contributed by atoms with Crippen molar-refractivity contribution in [3.8, 4) is 6.07 Å². The van der Waals surface area contributed by atoms with Crippen molar-refractivity contribution in [3.05, 3.63) is 38.3 Å². The fourth-order valence-electron chi connectivity index (χ4n) is 1.51. The number of carbonyl (C=O) groups excluding carboxylic acids is 1. The minimum atomic E-state index is -0.974. The summed E-state index contributed by atoms with van der Waals surface area (Å²) < 4.78 is 5.06. The van der Waals surface area contributed by atoms with Crippen LogP contribution in [0.3, 0.4) is 0 Å². The van der Waals surface area contributed by atoms with Crippen LogP contribution in [0.1, 0.15) is 12.5 Å². The summed E-state index contributed by atoms with van der Waals surface area (Å²) in [5, 5.41) is 19.7. The number of benzene rings is 1. The van der Waals surface area contributed by atoms with E-state index in [0.29, 0.717) is 5.56 Å². The van der Waals surface area contributed by atoms with Crippen LogP contribution in [0, 0.1) is 27.4 Å². The second kappa shape index (κ2) is 6.85. The third kappa shape index (κ3) is 3.76. The SMILES string of the molecule is CCOC(=O)C(C#N)Cc1cccc([N+](=O)[O-])c1Br. The van der Waals surface area contributed by atoms with Gasteiger partial charge in [-0.15, -0.1) is 0 Å². The Morgan fingerprint density at radius 2 is 2.32 bits per heavy atom. The predicted octanol–water partition coefficient (Wildman–Crippen LogP) is 2.60. The fraction of sp³-hybridized carbons (Fsp3) is 0.333. The summed E-state index contributed by atoms with van der Waals surface area (Å²) in [6, 6.07) is 6.33. The van der Waals surface area contributed by atoms with Gasteiger partial charge in [0.25, 0.3) is 5.69 Å². The van der Waals surface area contributed by atoms with Crippen LogP contribution in [-0.4, -0.2) is 17.5 Å². The highest BCUT2D eigenvalue weighted by Crippen LogP contribution is 2.29. The minimum absolute atomic E-state index is 0.0671. The smallest absolute Gasteiger partial charge is 0.323 e. The predicted molar refractivity (Wildman–Crippen MR) is 70.2 cm³/mol. The van der Waals surface area contributed by atoms with Crippen molar-refractivity contribution in [3.63, 3.8) is 0 Å². The summed E-state index contributed by atoms with van der Waals surface area (Å²) in [6.45, 7) is 1.84. The molecule has 0 saturated carbocycles. The van der Waals surface area contributed by atoms with Gasteiger partial charge in [-0.3, -0.25) is 14.9 Å². The first-order valence-electron chi connectivity index (χ1n) is 5.49. The van der Waals surface area contributed by atoms with Gasteiger partial charge < -0.3 is 4.74 Å². The topological polar surface area (TPSA) is 93.2 Å². The van der Waals surface area contributed by atoms with Gasteiger partial charge in [0.15, 0.2) is 0 Å². The zero-order valence-electron chi connectivity index (χ0n) is 10.1. The molecule has 0 heterocycles. The Bertz CT molecular complexity index is 539. The van der Waals surface area contributed by atoms with E-state index in [9.17, 15) is 14.9 Å². The Morgan fingerprint density at radius 1 is 1.63 bits per heavy atom. The highest BCUT2D eigenvalue weighted by atomic mass is 79.9. The van der Waals surface area contributed by atoms with Gasteiger partial charge >= 0.3 is 5.97 Å². The first kappa shape index (κ1) is 15.1. The highest BCUT2D eigenvalue weighted by molar-refractivity contribution is 9.10. The Labute approximate surface area is 118 Å². The molecule has 1 aromatic carbocycles. The highest BCUT2D eigenvalue weighted by Gasteiger charge is 2.23. The monoisotopic (exact) mass is 326 g/mol. The molecule has 0 radical (unpaired) electrons. The second-order valence-electron chi connectivity index (χ2n) is 3.65. The fourth-order valence-corrected chi connectivity index (χ4v) is 2.08. The molecule has 0 aliphatic carbocycles. The number of rotatable bonds is 5. The number of hydrogen-bond donors (Lipinski definition) is 0. The van der Waals surface area contributed by atoms with E-state index >= 15 is 0 Å². The number of hydrogen-bond acceptors (Lipinski definition) is 5. The van der Waals surface area contributed by atoms with Crippen molar-refractivity contribution in [2.75, 3.05) is 6.61 Å². The molecule has 7 heteroatoms. The molecule has 0 saturated heterocycles. The van der Waals surface area contributed by atoms with Crippen molar-refractivity contribution >= 4 is 27.6 Å². The molecule has 0 aliphatic rings. The molecule has 1 rings (SSSR count). The standard InChI is InChI=1S/C12H11BrN2O4/c1-2-19-12(16)9(7-14)6-8-4-3-5-10(11(8)13)15(17)18/h3-5,9H,2,6H2,1H3. The maximum Gasteiger partial charge on any atom is 0.323 e. The Hall–Kier alpha value is -1.94. The molecule has 1 aromatic rings. The quantitative estimate of drug-likeness (QED) is 0.471. The number of esters is 1. The van der Waals surface area contributed by atoms with E-state index in [1.807, 2.05) is 6.07 Å². The van der Waals surface area contributed by atoms with Crippen LogP contribution in [0.5, 0.6) is 0 Å². The molecule has 0 spiro atoms. The average Bonchev–Trinajstić information content (AvgIpc) is 2.37. The van der Waals surface area contributed by atoms with Gasteiger partial charge in [0.2, 0.25) is 0 Å². The van der Waals surface area contributed by atoms with Gasteiger partial charge in [-0.2, -0.15) is 5.26 Å². The maximum atomic E-state index is 11.5. The molecule has 1 atom stereocenters. The van der Waals surface area contributed by atoms with Gasteiger partial charge in [-0.25, -0.2) is 0 Å². The molecular formula is C12H11BrN2O4. The Morgan fingerprint density at radius 3 is 2.84 bits per heavy atom. The molecule has 0 aliphatic heterocycles. The summed E-state index contributed by atoms with van der Waals surface area (Å²) >= 11 is 3.12. The summed E-state index contributed by atoms with van der Waals surface area (Å²) in [4.78, 5) is 21.8. The maximum absolute atomic E-state index is 11.5.